The van der Waals surface area contributed by atoms with E-state index in [0.717, 1.165) is 5.56 Å². The summed E-state index contributed by atoms with van der Waals surface area (Å²) in [6.07, 6.45) is 0. The Kier molecular flexibility index (Phi) is 5.16. The number of nitro benzene ring substituents is 1. The van der Waals surface area contributed by atoms with Gasteiger partial charge in [0.25, 0.3) is 5.69 Å². The maximum atomic E-state index is 12.0. The lowest BCUT2D eigenvalue weighted by molar-refractivity contribution is -0.387. The number of esters is 1. The van der Waals surface area contributed by atoms with Gasteiger partial charge in [0.1, 0.15) is 0 Å². The summed E-state index contributed by atoms with van der Waals surface area (Å²) in [4.78, 5) is 23.9. The maximum Gasteiger partial charge on any atom is 0.339 e. The molecular formula is C16H15NO4S. The van der Waals surface area contributed by atoms with Gasteiger partial charge in [-0.05, 0) is 37.6 Å². The van der Waals surface area contributed by atoms with Gasteiger partial charge >= 0.3 is 5.97 Å². The van der Waals surface area contributed by atoms with E-state index in [2.05, 4.69) is 0 Å². The molecule has 0 radical (unpaired) electrons. The highest BCUT2D eigenvalue weighted by Gasteiger charge is 2.18. The van der Waals surface area contributed by atoms with Crippen molar-refractivity contribution in [2.24, 2.45) is 0 Å². The lowest BCUT2D eigenvalue weighted by Gasteiger charge is -2.09. The highest BCUT2D eigenvalue weighted by molar-refractivity contribution is 7.99. The molecule has 2 rings (SSSR count). The largest absolute Gasteiger partial charge is 0.462 e. The summed E-state index contributed by atoms with van der Waals surface area (Å²) >= 11 is 1.19. The Morgan fingerprint density at radius 3 is 2.64 bits per heavy atom. The number of ether oxygens (including phenoxy) is 1. The zero-order valence-corrected chi connectivity index (χ0v) is 13.1. The van der Waals surface area contributed by atoms with Gasteiger partial charge in [-0.2, -0.15) is 0 Å². The third-order valence-electron chi connectivity index (χ3n) is 2.91. The first-order valence-electron chi connectivity index (χ1n) is 6.72. The molecule has 0 saturated carbocycles. The fraction of sp³-hybridized carbons (Fsp3) is 0.188. The van der Waals surface area contributed by atoms with E-state index in [0.29, 0.717) is 15.4 Å². The van der Waals surface area contributed by atoms with Crippen LogP contribution in [-0.4, -0.2) is 17.5 Å². The molecule has 114 valence electrons. The summed E-state index contributed by atoms with van der Waals surface area (Å²) < 4.78 is 5.02. The molecule has 0 bridgehead atoms. The highest BCUT2D eigenvalue weighted by atomic mass is 32.2. The van der Waals surface area contributed by atoms with Crippen molar-refractivity contribution in [2.75, 3.05) is 6.61 Å². The number of aryl methyl sites for hydroxylation is 1. The third-order valence-corrected chi connectivity index (χ3v) is 4.05. The van der Waals surface area contributed by atoms with Crippen molar-refractivity contribution >= 4 is 23.4 Å². The van der Waals surface area contributed by atoms with E-state index in [9.17, 15) is 14.9 Å². The predicted octanol–water partition coefficient (Wildman–Crippen LogP) is 4.23. The van der Waals surface area contributed by atoms with E-state index in [4.69, 9.17) is 4.74 Å². The van der Waals surface area contributed by atoms with E-state index in [1.807, 2.05) is 6.07 Å². The van der Waals surface area contributed by atoms with Crippen LogP contribution in [-0.2, 0) is 4.74 Å². The molecule has 0 N–H and O–H groups in total. The molecule has 0 aliphatic heterocycles. The quantitative estimate of drug-likeness (QED) is 0.469. The van der Waals surface area contributed by atoms with Gasteiger partial charge in [-0.25, -0.2) is 4.79 Å². The Morgan fingerprint density at radius 2 is 1.95 bits per heavy atom. The summed E-state index contributed by atoms with van der Waals surface area (Å²) in [5.41, 5.74) is 1.25. The van der Waals surface area contributed by atoms with Gasteiger partial charge in [0, 0.05) is 11.0 Å². The van der Waals surface area contributed by atoms with Crippen LogP contribution in [0, 0.1) is 17.0 Å². The molecule has 2 aromatic carbocycles. The fourth-order valence-corrected chi connectivity index (χ4v) is 2.93. The van der Waals surface area contributed by atoms with Crippen LogP contribution in [0.15, 0.2) is 52.3 Å². The Balaban J connectivity index is 2.40. The van der Waals surface area contributed by atoms with Crippen molar-refractivity contribution < 1.29 is 14.5 Å². The standard InChI is InChI=1S/C16H15NO4S/c1-3-21-16(18)12-6-4-5-7-14(12)22-15-9-8-11(2)10-13(15)17(19)20/h4-10H,3H2,1-2H3. The van der Waals surface area contributed by atoms with Crippen molar-refractivity contribution in [3.05, 3.63) is 63.7 Å². The number of carbonyl (C=O) groups is 1. The van der Waals surface area contributed by atoms with Gasteiger partial charge < -0.3 is 4.74 Å². The Labute approximate surface area is 132 Å². The van der Waals surface area contributed by atoms with E-state index in [1.165, 1.54) is 17.8 Å². The minimum atomic E-state index is -0.430. The van der Waals surface area contributed by atoms with Crippen molar-refractivity contribution in [1.82, 2.24) is 0 Å². The Bertz CT molecular complexity index is 715. The lowest BCUT2D eigenvalue weighted by atomic mass is 10.2. The second-order valence-electron chi connectivity index (χ2n) is 4.55. The van der Waals surface area contributed by atoms with Gasteiger partial charge in [0.15, 0.2) is 0 Å². The Hall–Kier alpha value is -2.34. The number of hydrogen-bond acceptors (Lipinski definition) is 5. The van der Waals surface area contributed by atoms with Gasteiger partial charge in [0.2, 0.25) is 0 Å². The summed E-state index contributed by atoms with van der Waals surface area (Å²) in [6, 6.07) is 11.9. The van der Waals surface area contributed by atoms with Crippen LogP contribution in [0.4, 0.5) is 5.69 Å². The van der Waals surface area contributed by atoms with Gasteiger partial charge in [-0.3, -0.25) is 10.1 Å². The molecular weight excluding hydrogens is 302 g/mol. The second kappa shape index (κ2) is 7.09. The molecule has 0 heterocycles. The summed E-state index contributed by atoms with van der Waals surface area (Å²) in [7, 11) is 0. The summed E-state index contributed by atoms with van der Waals surface area (Å²) in [5.74, 6) is -0.430. The first kappa shape index (κ1) is 16.0. The molecule has 0 aliphatic carbocycles. The van der Waals surface area contributed by atoms with E-state index in [1.54, 1.807) is 44.2 Å². The molecule has 2 aromatic rings. The zero-order chi connectivity index (χ0) is 16.1. The van der Waals surface area contributed by atoms with Crippen LogP contribution in [0.1, 0.15) is 22.8 Å². The minimum Gasteiger partial charge on any atom is -0.462 e. The molecule has 22 heavy (non-hydrogen) atoms. The van der Waals surface area contributed by atoms with Gasteiger partial charge in [0.05, 0.1) is 22.0 Å². The van der Waals surface area contributed by atoms with Gasteiger partial charge in [-0.1, -0.05) is 30.0 Å². The molecule has 0 atom stereocenters. The normalized spacial score (nSPS) is 10.3. The van der Waals surface area contributed by atoms with Crippen molar-refractivity contribution in [3.63, 3.8) is 0 Å². The van der Waals surface area contributed by atoms with Crippen LogP contribution in [0.2, 0.25) is 0 Å². The molecule has 0 unspecified atom stereocenters. The number of rotatable bonds is 5. The predicted molar refractivity (Wildman–Crippen MR) is 84.4 cm³/mol. The number of nitro groups is 1. The average molecular weight is 317 g/mol. The van der Waals surface area contributed by atoms with Crippen LogP contribution in [0.5, 0.6) is 0 Å². The van der Waals surface area contributed by atoms with Crippen LogP contribution in [0.3, 0.4) is 0 Å². The smallest absolute Gasteiger partial charge is 0.339 e. The van der Waals surface area contributed by atoms with E-state index >= 15 is 0 Å². The monoisotopic (exact) mass is 317 g/mol. The number of nitrogens with zero attached hydrogens (tertiary/aromatic N) is 1. The third kappa shape index (κ3) is 3.65. The van der Waals surface area contributed by atoms with Gasteiger partial charge in [-0.15, -0.1) is 0 Å². The van der Waals surface area contributed by atoms with E-state index in [-0.39, 0.29) is 12.3 Å². The minimum absolute atomic E-state index is 0.0312. The lowest BCUT2D eigenvalue weighted by Crippen LogP contribution is -2.06. The second-order valence-corrected chi connectivity index (χ2v) is 5.63. The topological polar surface area (TPSA) is 69.4 Å². The van der Waals surface area contributed by atoms with Crippen LogP contribution < -0.4 is 0 Å². The van der Waals surface area contributed by atoms with Crippen molar-refractivity contribution in [1.29, 1.82) is 0 Å². The molecule has 0 fully saturated rings. The fourth-order valence-electron chi connectivity index (χ4n) is 1.91. The molecule has 0 aromatic heterocycles. The van der Waals surface area contributed by atoms with Crippen molar-refractivity contribution in [2.45, 2.75) is 23.6 Å². The molecule has 5 nitrogen and oxygen atoms in total. The van der Waals surface area contributed by atoms with Crippen LogP contribution >= 0.6 is 11.8 Å². The first-order valence-corrected chi connectivity index (χ1v) is 7.53. The zero-order valence-electron chi connectivity index (χ0n) is 12.2. The SMILES string of the molecule is CCOC(=O)c1ccccc1Sc1ccc(C)cc1[N+](=O)[O-]. The number of carbonyl (C=O) groups excluding carboxylic acids is 1. The Morgan fingerprint density at radius 1 is 1.23 bits per heavy atom. The summed E-state index contributed by atoms with van der Waals surface area (Å²) in [5, 5.41) is 11.2. The molecule has 0 amide bonds. The maximum absolute atomic E-state index is 12.0. The van der Waals surface area contributed by atoms with Crippen LogP contribution in [0.25, 0.3) is 0 Å². The molecule has 6 heteroatoms. The molecule has 0 saturated heterocycles. The first-order chi connectivity index (χ1) is 10.5. The molecule has 0 aliphatic rings. The average Bonchev–Trinajstić information content (AvgIpc) is 2.49. The van der Waals surface area contributed by atoms with Crippen molar-refractivity contribution in [3.8, 4) is 0 Å². The molecule has 0 spiro atoms. The summed E-state index contributed by atoms with van der Waals surface area (Å²) in [6.45, 7) is 3.81. The highest BCUT2D eigenvalue weighted by Crippen LogP contribution is 2.37. The number of benzene rings is 2. The number of hydrogen-bond donors (Lipinski definition) is 0. The van der Waals surface area contributed by atoms with E-state index < -0.39 is 10.9 Å².